The fraction of sp³-hybridized carbons (Fsp3) is 0.609. The van der Waals surface area contributed by atoms with Crippen LogP contribution in [0.3, 0.4) is 0 Å². The third-order valence-corrected chi connectivity index (χ3v) is 7.21. The van der Waals surface area contributed by atoms with E-state index in [4.69, 9.17) is 9.72 Å². The van der Waals surface area contributed by atoms with Crippen LogP contribution >= 0.6 is 0 Å². The van der Waals surface area contributed by atoms with Crippen LogP contribution in [0.25, 0.3) is 11.2 Å². The molecule has 3 fully saturated rings. The molecule has 8 nitrogen and oxygen atoms in total. The summed E-state index contributed by atoms with van der Waals surface area (Å²) in [6.07, 6.45) is 1.90. The molecule has 11 heteroatoms. The molecule has 0 radical (unpaired) electrons. The molecule has 0 amide bonds. The third kappa shape index (κ3) is 3.89. The van der Waals surface area contributed by atoms with E-state index in [1.807, 2.05) is 35.8 Å². The van der Waals surface area contributed by atoms with E-state index in [0.29, 0.717) is 48.5 Å². The minimum atomic E-state index is -4.18. The van der Waals surface area contributed by atoms with Gasteiger partial charge in [-0.15, -0.1) is 0 Å². The SMILES string of the molecule is Cc1nc2nc(N3CCOC(c4cnn(C5CC5)c4)C3)nc(C3CC(C(F)(F)F)C3)c2nc1C. The molecule has 1 aliphatic heterocycles. The van der Waals surface area contributed by atoms with Crippen molar-refractivity contribution in [2.24, 2.45) is 5.92 Å². The second-order valence-electron chi connectivity index (χ2n) is 9.67. The molecule has 0 aromatic carbocycles. The highest BCUT2D eigenvalue weighted by Gasteiger charge is 2.49. The van der Waals surface area contributed by atoms with E-state index in [9.17, 15) is 13.2 Å². The first-order chi connectivity index (χ1) is 16.3. The van der Waals surface area contributed by atoms with E-state index in [1.54, 1.807) is 0 Å². The number of halogens is 3. The molecule has 3 aliphatic rings. The summed E-state index contributed by atoms with van der Waals surface area (Å²) in [4.78, 5) is 20.7. The van der Waals surface area contributed by atoms with Gasteiger partial charge < -0.3 is 9.64 Å². The summed E-state index contributed by atoms with van der Waals surface area (Å²) in [6, 6.07) is 0.494. The average molecular weight is 474 g/mol. The summed E-state index contributed by atoms with van der Waals surface area (Å²) >= 11 is 0. The molecule has 6 rings (SSSR count). The maximum absolute atomic E-state index is 13.2. The number of hydrogen-bond acceptors (Lipinski definition) is 7. The van der Waals surface area contributed by atoms with Gasteiger partial charge in [-0.1, -0.05) is 0 Å². The zero-order valence-electron chi connectivity index (χ0n) is 19.1. The molecule has 0 N–H and O–H groups in total. The molecule has 4 heterocycles. The standard InChI is InChI=1S/C23H26F3N7O/c1-12-13(2)29-21-20(28-12)19(14-7-16(8-14)23(24,25)26)30-22(31-21)32-5-6-34-18(11-32)15-9-27-33(10-15)17-3-4-17/h9-10,14,16-18H,3-8,11H2,1-2H3. The van der Waals surface area contributed by atoms with Crippen molar-refractivity contribution >= 4 is 17.1 Å². The van der Waals surface area contributed by atoms with E-state index < -0.39 is 12.1 Å². The van der Waals surface area contributed by atoms with Crippen molar-refractivity contribution in [2.75, 3.05) is 24.6 Å². The zero-order chi connectivity index (χ0) is 23.6. The van der Waals surface area contributed by atoms with Crippen molar-refractivity contribution in [2.45, 2.75) is 63.8 Å². The second kappa shape index (κ2) is 7.86. The Hall–Kier alpha value is -2.82. The van der Waals surface area contributed by atoms with Crippen molar-refractivity contribution in [1.82, 2.24) is 29.7 Å². The number of morpholine rings is 1. The van der Waals surface area contributed by atoms with Crippen LogP contribution in [0.1, 0.15) is 66.4 Å². The molecular formula is C23H26F3N7O. The lowest BCUT2D eigenvalue weighted by Gasteiger charge is -2.37. The number of nitrogens with zero attached hydrogens (tertiary/aromatic N) is 7. The Kier molecular flexibility index (Phi) is 5.02. The average Bonchev–Trinajstić information content (AvgIpc) is 3.49. The molecule has 180 valence electrons. The maximum Gasteiger partial charge on any atom is 0.391 e. The van der Waals surface area contributed by atoms with Crippen LogP contribution in [0.5, 0.6) is 0 Å². The first-order valence-electron chi connectivity index (χ1n) is 11.8. The fourth-order valence-electron chi connectivity index (χ4n) is 4.75. The van der Waals surface area contributed by atoms with Crippen LogP contribution in [0.2, 0.25) is 0 Å². The van der Waals surface area contributed by atoms with Crippen molar-refractivity contribution in [3.63, 3.8) is 0 Å². The Bertz CT molecular complexity index is 1230. The van der Waals surface area contributed by atoms with Crippen LogP contribution in [0, 0.1) is 19.8 Å². The highest BCUT2D eigenvalue weighted by atomic mass is 19.4. The lowest BCUT2D eigenvalue weighted by Crippen LogP contribution is -2.40. The number of aromatic nitrogens is 6. The number of alkyl halides is 3. The molecule has 3 aromatic heterocycles. The van der Waals surface area contributed by atoms with Crippen molar-refractivity contribution < 1.29 is 17.9 Å². The third-order valence-electron chi connectivity index (χ3n) is 7.21. The van der Waals surface area contributed by atoms with Crippen LogP contribution < -0.4 is 4.90 Å². The molecule has 0 bridgehead atoms. The Morgan fingerprint density at radius 2 is 1.79 bits per heavy atom. The zero-order valence-corrected chi connectivity index (χ0v) is 19.1. The Morgan fingerprint density at radius 1 is 1.03 bits per heavy atom. The molecule has 1 saturated heterocycles. The summed E-state index contributed by atoms with van der Waals surface area (Å²) in [5, 5.41) is 4.47. The Morgan fingerprint density at radius 3 is 2.53 bits per heavy atom. The molecule has 0 spiro atoms. The lowest BCUT2D eigenvalue weighted by atomic mass is 9.72. The largest absolute Gasteiger partial charge is 0.391 e. The van der Waals surface area contributed by atoms with Gasteiger partial charge in [0.25, 0.3) is 0 Å². The van der Waals surface area contributed by atoms with Crippen molar-refractivity contribution in [1.29, 1.82) is 0 Å². The van der Waals surface area contributed by atoms with E-state index in [2.05, 4.69) is 20.1 Å². The summed E-state index contributed by atoms with van der Waals surface area (Å²) in [6.45, 7) is 5.32. The summed E-state index contributed by atoms with van der Waals surface area (Å²) in [5.74, 6) is -1.12. The quantitative estimate of drug-likeness (QED) is 0.562. The highest BCUT2D eigenvalue weighted by Crippen LogP contribution is 2.50. The van der Waals surface area contributed by atoms with Gasteiger partial charge in [-0.3, -0.25) is 4.68 Å². The maximum atomic E-state index is 13.2. The number of ether oxygens (including phenoxy) is 1. The van der Waals surface area contributed by atoms with Gasteiger partial charge in [0.2, 0.25) is 5.95 Å². The van der Waals surface area contributed by atoms with E-state index in [-0.39, 0.29) is 24.9 Å². The minimum Gasteiger partial charge on any atom is -0.370 e. The Labute approximate surface area is 194 Å². The fourth-order valence-corrected chi connectivity index (χ4v) is 4.75. The van der Waals surface area contributed by atoms with Crippen LogP contribution in [-0.4, -0.2) is 55.6 Å². The number of anilines is 1. The number of aryl methyl sites for hydroxylation is 2. The van der Waals surface area contributed by atoms with Gasteiger partial charge in [0.15, 0.2) is 5.65 Å². The second-order valence-corrected chi connectivity index (χ2v) is 9.67. The van der Waals surface area contributed by atoms with Gasteiger partial charge >= 0.3 is 6.18 Å². The first-order valence-corrected chi connectivity index (χ1v) is 11.8. The molecule has 2 saturated carbocycles. The van der Waals surface area contributed by atoms with Crippen LogP contribution in [0.4, 0.5) is 19.1 Å². The molecule has 2 aliphatic carbocycles. The minimum absolute atomic E-state index is 0.0236. The van der Waals surface area contributed by atoms with Crippen LogP contribution in [0.15, 0.2) is 12.4 Å². The van der Waals surface area contributed by atoms with Gasteiger partial charge in [0, 0.05) is 24.2 Å². The van der Waals surface area contributed by atoms with Crippen molar-refractivity contribution in [3.8, 4) is 0 Å². The van der Waals surface area contributed by atoms with Gasteiger partial charge in [0.05, 0.1) is 48.4 Å². The lowest BCUT2D eigenvalue weighted by molar-refractivity contribution is -0.197. The normalized spacial score (nSPS) is 25.6. The number of hydrogen-bond donors (Lipinski definition) is 0. The molecule has 3 aromatic rings. The predicted molar refractivity (Wildman–Crippen MR) is 118 cm³/mol. The highest BCUT2D eigenvalue weighted by molar-refractivity contribution is 5.75. The van der Waals surface area contributed by atoms with Gasteiger partial charge in [0.1, 0.15) is 11.6 Å². The topological polar surface area (TPSA) is 81.9 Å². The smallest absolute Gasteiger partial charge is 0.370 e. The Balaban J connectivity index is 1.32. The molecule has 1 unspecified atom stereocenters. The van der Waals surface area contributed by atoms with E-state index >= 15 is 0 Å². The monoisotopic (exact) mass is 473 g/mol. The number of rotatable bonds is 4. The van der Waals surface area contributed by atoms with E-state index in [0.717, 1.165) is 29.8 Å². The predicted octanol–water partition coefficient (Wildman–Crippen LogP) is 4.20. The van der Waals surface area contributed by atoms with Gasteiger partial charge in [-0.05, 0) is 39.5 Å². The molecule has 34 heavy (non-hydrogen) atoms. The number of fused-ring (bicyclic) bond motifs is 1. The first kappa shape index (κ1) is 21.7. The summed E-state index contributed by atoms with van der Waals surface area (Å²) in [5.41, 5.74) is 4.00. The molecule has 1 atom stereocenters. The summed E-state index contributed by atoms with van der Waals surface area (Å²) in [7, 11) is 0. The summed E-state index contributed by atoms with van der Waals surface area (Å²) < 4.78 is 47.5. The van der Waals surface area contributed by atoms with Gasteiger partial charge in [-0.25, -0.2) is 15.0 Å². The van der Waals surface area contributed by atoms with Gasteiger partial charge in [-0.2, -0.15) is 23.3 Å². The van der Waals surface area contributed by atoms with Crippen molar-refractivity contribution in [3.05, 3.63) is 35.0 Å². The van der Waals surface area contributed by atoms with E-state index in [1.165, 1.54) is 0 Å². The molecular weight excluding hydrogens is 447 g/mol. The van der Waals surface area contributed by atoms with Crippen LogP contribution in [-0.2, 0) is 4.74 Å².